The molecule has 1 aliphatic rings. The topological polar surface area (TPSA) is 58.2 Å². The molecular formula is C17H28N2O2S. The van der Waals surface area contributed by atoms with E-state index in [4.69, 9.17) is 0 Å². The van der Waals surface area contributed by atoms with Crippen LogP contribution in [0, 0.1) is 34.6 Å². The molecule has 0 amide bonds. The number of benzene rings is 1. The molecule has 1 aliphatic heterocycles. The minimum Gasteiger partial charge on any atom is -0.314 e. The van der Waals surface area contributed by atoms with Gasteiger partial charge in [0.2, 0.25) is 10.0 Å². The van der Waals surface area contributed by atoms with Gasteiger partial charge in [0.15, 0.2) is 0 Å². The highest BCUT2D eigenvalue weighted by Crippen LogP contribution is 2.29. The van der Waals surface area contributed by atoms with Crippen molar-refractivity contribution in [3.05, 3.63) is 27.8 Å². The summed E-state index contributed by atoms with van der Waals surface area (Å²) >= 11 is 0. The highest BCUT2D eigenvalue weighted by molar-refractivity contribution is 7.89. The largest absolute Gasteiger partial charge is 0.314 e. The second kappa shape index (κ2) is 6.30. The van der Waals surface area contributed by atoms with Gasteiger partial charge in [-0.2, -0.15) is 0 Å². The van der Waals surface area contributed by atoms with Crippen molar-refractivity contribution in [3.8, 4) is 0 Å². The molecule has 1 heterocycles. The van der Waals surface area contributed by atoms with E-state index in [1.54, 1.807) is 0 Å². The summed E-state index contributed by atoms with van der Waals surface area (Å²) in [7, 11) is -3.48. The van der Waals surface area contributed by atoms with Crippen molar-refractivity contribution in [2.24, 2.45) is 0 Å². The second-order valence-corrected chi connectivity index (χ2v) is 8.30. The summed E-state index contributed by atoms with van der Waals surface area (Å²) in [5.74, 6) is 0. The van der Waals surface area contributed by atoms with Crippen LogP contribution in [-0.2, 0) is 10.0 Å². The number of sulfonamides is 1. The molecule has 1 fully saturated rings. The minimum atomic E-state index is -3.48. The maximum absolute atomic E-state index is 12.9. The van der Waals surface area contributed by atoms with Crippen molar-refractivity contribution in [1.82, 2.24) is 10.0 Å². The summed E-state index contributed by atoms with van der Waals surface area (Å²) < 4.78 is 28.8. The molecular weight excluding hydrogens is 296 g/mol. The van der Waals surface area contributed by atoms with Crippen molar-refractivity contribution >= 4 is 10.0 Å². The van der Waals surface area contributed by atoms with Gasteiger partial charge in [-0.15, -0.1) is 0 Å². The lowest BCUT2D eigenvalue weighted by Gasteiger charge is -2.29. The van der Waals surface area contributed by atoms with Crippen LogP contribution in [0.4, 0.5) is 0 Å². The summed E-state index contributed by atoms with van der Waals surface area (Å²) in [6.45, 7) is 12.8. The summed E-state index contributed by atoms with van der Waals surface area (Å²) in [5, 5.41) is 3.35. The van der Waals surface area contributed by atoms with Crippen molar-refractivity contribution < 1.29 is 8.42 Å². The maximum atomic E-state index is 12.9. The molecule has 124 valence electrons. The number of hydrogen-bond acceptors (Lipinski definition) is 3. The lowest BCUT2D eigenvalue weighted by Crippen LogP contribution is -2.46. The standard InChI is InChI=1S/C17H28N2O2S/c1-10-9-16(7-8-18-10)19-22(20,21)17-14(5)12(3)11(2)13(4)15(17)6/h10,16,18-19H,7-9H2,1-6H3. The van der Waals surface area contributed by atoms with E-state index in [1.165, 1.54) is 5.56 Å². The second-order valence-electron chi connectivity index (χ2n) is 6.65. The van der Waals surface area contributed by atoms with Crippen LogP contribution in [0.3, 0.4) is 0 Å². The Morgan fingerprint density at radius 1 is 0.955 bits per heavy atom. The Balaban J connectivity index is 2.42. The molecule has 1 saturated heterocycles. The Kier molecular flexibility index (Phi) is 5.00. The predicted octanol–water partition coefficient (Wildman–Crippen LogP) is 2.65. The van der Waals surface area contributed by atoms with E-state index in [2.05, 4.69) is 23.9 Å². The monoisotopic (exact) mass is 324 g/mol. The van der Waals surface area contributed by atoms with Crippen LogP contribution in [0.1, 0.15) is 47.6 Å². The molecule has 1 aromatic rings. The summed E-state index contributed by atoms with van der Waals surface area (Å²) in [5.41, 5.74) is 5.07. The molecule has 0 aliphatic carbocycles. The van der Waals surface area contributed by atoms with Crippen LogP contribution in [0.15, 0.2) is 4.90 Å². The molecule has 0 spiro atoms. The highest BCUT2D eigenvalue weighted by atomic mass is 32.2. The van der Waals surface area contributed by atoms with E-state index >= 15 is 0 Å². The summed E-state index contributed by atoms with van der Waals surface area (Å²) in [6.07, 6.45) is 1.67. The van der Waals surface area contributed by atoms with Crippen molar-refractivity contribution in [1.29, 1.82) is 0 Å². The number of rotatable bonds is 3. The first kappa shape index (κ1) is 17.4. The van der Waals surface area contributed by atoms with Gasteiger partial charge in [-0.3, -0.25) is 0 Å². The number of hydrogen-bond donors (Lipinski definition) is 2. The third kappa shape index (κ3) is 3.21. The third-order valence-corrected chi connectivity index (χ3v) is 6.94. The highest BCUT2D eigenvalue weighted by Gasteiger charge is 2.28. The Hall–Kier alpha value is -0.910. The molecule has 2 unspecified atom stereocenters. The SMILES string of the molecule is Cc1c(C)c(C)c(S(=O)(=O)NC2CCNC(C)C2)c(C)c1C. The van der Waals surface area contributed by atoms with Crippen LogP contribution in [-0.4, -0.2) is 27.0 Å². The quantitative estimate of drug-likeness (QED) is 0.898. The summed E-state index contributed by atoms with van der Waals surface area (Å²) in [4.78, 5) is 0.472. The van der Waals surface area contributed by atoms with Gasteiger partial charge in [0.1, 0.15) is 0 Å². The Morgan fingerprint density at radius 2 is 1.45 bits per heavy atom. The summed E-state index contributed by atoms with van der Waals surface area (Å²) in [6, 6.07) is 0.368. The van der Waals surface area contributed by atoms with E-state index in [0.29, 0.717) is 10.9 Å². The van der Waals surface area contributed by atoms with E-state index in [-0.39, 0.29) is 6.04 Å². The van der Waals surface area contributed by atoms with Crippen LogP contribution in [0.5, 0.6) is 0 Å². The maximum Gasteiger partial charge on any atom is 0.241 e. The molecule has 0 saturated carbocycles. The zero-order valence-electron chi connectivity index (χ0n) is 14.5. The fourth-order valence-corrected chi connectivity index (χ4v) is 5.27. The average Bonchev–Trinajstić information content (AvgIpc) is 2.42. The first-order chi connectivity index (χ1) is 10.1. The van der Waals surface area contributed by atoms with E-state index < -0.39 is 10.0 Å². The van der Waals surface area contributed by atoms with Gasteiger partial charge < -0.3 is 5.32 Å². The zero-order valence-corrected chi connectivity index (χ0v) is 15.3. The van der Waals surface area contributed by atoms with Crippen molar-refractivity contribution in [3.63, 3.8) is 0 Å². The van der Waals surface area contributed by atoms with Gasteiger partial charge in [0, 0.05) is 12.1 Å². The van der Waals surface area contributed by atoms with E-state index in [0.717, 1.165) is 41.6 Å². The van der Waals surface area contributed by atoms with E-state index in [9.17, 15) is 8.42 Å². The average molecular weight is 324 g/mol. The molecule has 2 atom stereocenters. The van der Waals surface area contributed by atoms with E-state index in [1.807, 2.05) is 27.7 Å². The van der Waals surface area contributed by atoms with Crippen LogP contribution < -0.4 is 10.0 Å². The van der Waals surface area contributed by atoms with Crippen LogP contribution >= 0.6 is 0 Å². The van der Waals surface area contributed by atoms with Gasteiger partial charge >= 0.3 is 0 Å². The van der Waals surface area contributed by atoms with Gasteiger partial charge in [0.25, 0.3) is 0 Å². The van der Waals surface area contributed by atoms with Crippen molar-refractivity contribution in [2.45, 2.75) is 71.4 Å². The smallest absolute Gasteiger partial charge is 0.241 e. The van der Waals surface area contributed by atoms with Gasteiger partial charge in [-0.25, -0.2) is 13.1 Å². The number of nitrogens with one attached hydrogen (secondary N) is 2. The van der Waals surface area contributed by atoms with Gasteiger partial charge in [0.05, 0.1) is 4.90 Å². The van der Waals surface area contributed by atoms with Crippen molar-refractivity contribution in [2.75, 3.05) is 6.54 Å². The first-order valence-corrected chi connectivity index (χ1v) is 9.46. The molecule has 2 rings (SSSR count). The van der Waals surface area contributed by atoms with Crippen LogP contribution in [0.2, 0.25) is 0 Å². The molecule has 0 bridgehead atoms. The fourth-order valence-electron chi connectivity index (χ4n) is 3.39. The lowest BCUT2D eigenvalue weighted by molar-refractivity contribution is 0.361. The van der Waals surface area contributed by atoms with Gasteiger partial charge in [-0.05, 0) is 88.7 Å². The molecule has 2 N–H and O–H groups in total. The predicted molar refractivity (Wildman–Crippen MR) is 90.9 cm³/mol. The molecule has 0 radical (unpaired) electrons. The molecule has 0 aromatic heterocycles. The normalized spacial score (nSPS) is 22.8. The Bertz CT molecular complexity index is 651. The van der Waals surface area contributed by atoms with Crippen LogP contribution in [0.25, 0.3) is 0 Å². The lowest BCUT2D eigenvalue weighted by atomic mass is 9.95. The Labute approximate surface area is 134 Å². The Morgan fingerprint density at radius 3 is 1.95 bits per heavy atom. The zero-order chi connectivity index (χ0) is 16.7. The molecule has 5 heteroatoms. The third-order valence-electron chi connectivity index (χ3n) is 5.15. The molecule has 4 nitrogen and oxygen atoms in total. The minimum absolute atomic E-state index is 0.0157. The fraction of sp³-hybridized carbons (Fsp3) is 0.647. The first-order valence-electron chi connectivity index (χ1n) is 7.97. The molecule has 22 heavy (non-hydrogen) atoms. The number of piperidine rings is 1. The molecule has 1 aromatic carbocycles. The van der Waals surface area contributed by atoms with Gasteiger partial charge in [-0.1, -0.05) is 0 Å².